The molecule has 7 heteroatoms. The molecule has 3 aromatic heterocycles. The number of pyridine rings is 2. The second-order valence-corrected chi connectivity index (χ2v) is 8.58. The summed E-state index contributed by atoms with van der Waals surface area (Å²) in [5.74, 6) is 0.801. The SMILES string of the molecule is NC1CCN(Cc2ccc3nnc(-c4ccc5ccc(F)c(C6CC6)c5n4)n3c2)C1. The summed E-state index contributed by atoms with van der Waals surface area (Å²) < 4.78 is 16.5. The zero-order valence-corrected chi connectivity index (χ0v) is 16.6. The third-order valence-corrected chi connectivity index (χ3v) is 6.24. The Hall–Kier alpha value is -2.90. The van der Waals surface area contributed by atoms with E-state index in [-0.39, 0.29) is 17.8 Å². The van der Waals surface area contributed by atoms with Gasteiger partial charge in [-0.05, 0) is 55.0 Å². The summed E-state index contributed by atoms with van der Waals surface area (Å²) in [6.07, 6.45) is 5.17. The first-order valence-corrected chi connectivity index (χ1v) is 10.6. The van der Waals surface area contributed by atoms with Crippen molar-refractivity contribution in [3.8, 4) is 11.5 Å². The Bertz CT molecular complexity index is 1260. The average Bonchev–Trinajstić information content (AvgIpc) is 3.36. The van der Waals surface area contributed by atoms with E-state index in [1.54, 1.807) is 12.1 Å². The van der Waals surface area contributed by atoms with Gasteiger partial charge in [0.15, 0.2) is 11.5 Å². The molecular formula is C23H23FN6. The van der Waals surface area contributed by atoms with Crippen LogP contribution in [0.25, 0.3) is 28.1 Å². The van der Waals surface area contributed by atoms with Crippen molar-refractivity contribution in [3.63, 3.8) is 0 Å². The Balaban J connectivity index is 1.42. The van der Waals surface area contributed by atoms with Gasteiger partial charge in [-0.2, -0.15) is 0 Å². The fraction of sp³-hybridized carbons (Fsp3) is 0.348. The van der Waals surface area contributed by atoms with E-state index in [2.05, 4.69) is 27.4 Å². The molecular weight excluding hydrogens is 379 g/mol. The van der Waals surface area contributed by atoms with Crippen LogP contribution in [0.4, 0.5) is 4.39 Å². The number of aromatic nitrogens is 4. The van der Waals surface area contributed by atoms with Gasteiger partial charge in [-0.3, -0.25) is 9.30 Å². The molecule has 0 radical (unpaired) electrons. The van der Waals surface area contributed by atoms with E-state index in [0.717, 1.165) is 61.0 Å². The zero-order chi connectivity index (χ0) is 20.2. The van der Waals surface area contributed by atoms with Gasteiger partial charge in [0.05, 0.1) is 5.52 Å². The van der Waals surface area contributed by atoms with Crippen LogP contribution >= 0.6 is 0 Å². The maximum atomic E-state index is 14.5. The predicted octanol–water partition coefficient (Wildman–Crippen LogP) is 3.49. The van der Waals surface area contributed by atoms with Gasteiger partial charge >= 0.3 is 0 Å². The van der Waals surface area contributed by atoms with Crippen molar-refractivity contribution in [2.75, 3.05) is 13.1 Å². The molecule has 2 fully saturated rings. The Labute approximate surface area is 173 Å². The van der Waals surface area contributed by atoms with Crippen molar-refractivity contribution < 1.29 is 4.39 Å². The number of fused-ring (bicyclic) bond motifs is 2. The van der Waals surface area contributed by atoms with Crippen LogP contribution in [0, 0.1) is 5.82 Å². The van der Waals surface area contributed by atoms with E-state index in [0.29, 0.717) is 11.5 Å². The van der Waals surface area contributed by atoms with Crippen LogP contribution < -0.4 is 5.73 Å². The van der Waals surface area contributed by atoms with Gasteiger partial charge in [0.2, 0.25) is 0 Å². The Morgan fingerprint density at radius 2 is 1.90 bits per heavy atom. The second kappa shape index (κ2) is 6.82. The van der Waals surface area contributed by atoms with Crippen molar-refractivity contribution in [1.29, 1.82) is 0 Å². The number of benzene rings is 1. The molecule has 1 unspecified atom stereocenters. The van der Waals surface area contributed by atoms with Gasteiger partial charge in [-0.25, -0.2) is 9.37 Å². The minimum atomic E-state index is -0.160. The van der Waals surface area contributed by atoms with E-state index >= 15 is 0 Å². The predicted molar refractivity (Wildman–Crippen MR) is 114 cm³/mol. The molecule has 0 spiro atoms. The largest absolute Gasteiger partial charge is 0.326 e. The standard InChI is InChI=1S/C23H23FN6/c24-18-6-4-16-5-7-19(26-22(16)21(18)15-2-3-15)23-28-27-20-8-1-14(12-30(20)23)11-29-10-9-17(25)13-29/h1,4-8,12,15,17H,2-3,9-11,13,25H2. The summed E-state index contributed by atoms with van der Waals surface area (Å²) in [5, 5.41) is 9.67. The number of hydrogen-bond donors (Lipinski definition) is 1. The van der Waals surface area contributed by atoms with E-state index in [1.807, 2.05) is 22.6 Å². The van der Waals surface area contributed by atoms with Crippen molar-refractivity contribution in [2.24, 2.45) is 5.73 Å². The summed E-state index contributed by atoms with van der Waals surface area (Å²) >= 11 is 0. The quantitative estimate of drug-likeness (QED) is 0.566. The molecule has 1 aromatic carbocycles. The average molecular weight is 402 g/mol. The molecule has 30 heavy (non-hydrogen) atoms. The van der Waals surface area contributed by atoms with E-state index in [1.165, 1.54) is 5.56 Å². The number of rotatable bonds is 4. The molecule has 1 saturated heterocycles. The molecule has 152 valence electrons. The van der Waals surface area contributed by atoms with Crippen molar-refractivity contribution in [2.45, 2.75) is 37.8 Å². The summed E-state index contributed by atoms with van der Waals surface area (Å²) in [5.41, 5.74) is 10.2. The molecule has 1 aliphatic carbocycles. The normalized spacial score (nSPS) is 19.9. The monoisotopic (exact) mass is 402 g/mol. The van der Waals surface area contributed by atoms with Gasteiger partial charge in [0.25, 0.3) is 0 Å². The summed E-state index contributed by atoms with van der Waals surface area (Å²) in [6, 6.07) is 11.6. The molecule has 6 rings (SSSR count). The fourth-order valence-electron chi connectivity index (χ4n) is 4.54. The Morgan fingerprint density at radius 1 is 1.03 bits per heavy atom. The first-order chi connectivity index (χ1) is 14.7. The summed E-state index contributed by atoms with van der Waals surface area (Å²) in [4.78, 5) is 7.21. The number of hydrogen-bond acceptors (Lipinski definition) is 5. The lowest BCUT2D eigenvalue weighted by Crippen LogP contribution is -2.26. The van der Waals surface area contributed by atoms with Crippen LogP contribution in [-0.2, 0) is 6.54 Å². The van der Waals surface area contributed by atoms with E-state index < -0.39 is 0 Å². The smallest absolute Gasteiger partial charge is 0.187 e. The van der Waals surface area contributed by atoms with Crippen molar-refractivity contribution in [1.82, 2.24) is 24.5 Å². The van der Waals surface area contributed by atoms with Crippen LogP contribution in [-0.4, -0.2) is 43.6 Å². The van der Waals surface area contributed by atoms with E-state index in [9.17, 15) is 4.39 Å². The number of likely N-dealkylation sites (tertiary alicyclic amines) is 1. The number of nitrogens with zero attached hydrogens (tertiary/aromatic N) is 5. The topological polar surface area (TPSA) is 72.3 Å². The lowest BCUT2D eigenvalue weighted by molar-refractivity contribution is 0.326. The van der Waals surface area contributed by atoms with Crippen LogP contribution in [0.2, 0.25) is 0 Å². The molecule has 4 heterocycles. The highest BCUT2D eigenvalue weighted by molar-refractivity contribution is 5.85. The molecule has 1 aliphatic heterocycles. The Morgan fingerprint density at radius 3 is 2.70 bits per heavy atom. The van der Waals surface area contributed by atoms with E-state index in [4.69, 9.17) is 10.7 Å². The first kappa shape index (κ1) is 17.9. The van der Waals surface area contributed by atoms with Gasteiger partial charge in [0.1, 0.15) is 11.5 Å². The molecule has 0 amide bonds. The van der Waals surface area contributed by atoms with Gasteiger partial charge in [0, 0.05) is 42.8 Å². The Kier molecular flexibility index (Phi) is 4.07. The lowest BCUT2D eigenvalue weighted by Gasteiger charge is -2.15. The van der Waals surface area contributed by atoms with Crippen LogP contribution in [0.15, 0.2) is 42.6 Å². The minimum Gasteiger partial charge on any atom is -0.326 e. The zero-order valence-electron chi connectivity index (χ0n) is 16.6. The van der Waals surface area contributed by atoms with Crippen molar-refractivity contribution in [3.05, 3.63) is 59.5 Å². The molecule has 4 aromatic rings. The second-order valence-electron chi connectivity index (χ2n) is 8.58. The number of nitrogens with two attached hydrogens (primary N) is 1. The third-order valence-electron chi connectivity index (χ3n) is 6.24. The molecule has 1 saturated carbocycles. The van der Waals surface area contributed by atoms with Crippen LogP contribution in [0.3, 0.4) is 0 Å². The fourth-order valence-corrected chi connectivity index (χ4v) is 4.54. The highest BCUT2D eigenvalue weighted by Crippen LogP contribution is 2.44. The third kappa shape index (κ3) is 3.05. The molecule has 2 N–H and O–H groups in total. The molecule has 2 aliphatic rings. The van der Waals surface area contributed by atoms with Gasteiger partial charge < -0.3 is 5.73 Å². The van der Waals surface area contributed by atoms with Crippen LogP contribution in [0.1, 0.15) is 36.3 Å². The molecule has 1 atom stereocenters. The first-order valence-electron chi connectivity index (χ1n) is 10.6. The molecule has 0 bridgehead atoms. The van der Waals surface area contributed by atoms with Gasteiger partial charge in [-0.1, -0.05) is 12.1 Å². The highest BCUT2D eigenvalue weighted by atomic mass is 19.1. The minimum absolute atomic E-state index is 0.160. The lowest BCUT2D eigenvalue weighted by atomic mass is 10.0. The summed E-state index contributed by atoms with van der Waals surface area (Å²) in [6.45, 7) is 2.80. The van der Waals surface area contributed by atoms with Gasteiger partial charge in [-0.15, -0.1) is 10.2 Å². The molecule has 6 nitrogen and oxygen atoms in total. The summed E-state index contributed by atoms with van der Waals surface area (Å²) in [7, 11) is 0. The number of halogens is 1. The maximum Gasteiger partial charge on any atom is 0.187 e. The highest BCUT2D eigenvalue weighted by Gasteiger charge is 2.29. The van der Waals surface area contributed by atoms with Crippen molar-refractivity contribution >= 4 is 16.6 Å². The maximum absolute atomic E-state index is 14.5. The van der Waals surface area contributed by atoms with Crippen LogP contribution in [0.5, 0.6) is 0 Å².